The van der Waals surface area contributed by atoms with Crippen molar-refractivity contribution in [2.75, 3.05) is 5.32 Å². The second kappa shape index (κ2) is 9.87. The van der Waals surface area contributed by atoms with E-state index in [9.17, 15) is 19.1 Å². The summed E-state index contributed by atoms with van der Waals surface area (Å²) in [7, 11) is 0. The van der Waals surface area contributed by atoms with Crippen molar-refractivity contribution in [1.82, 2.24) is 5.32 Å². The average Bonchev–Trinajstić information content (AvgIpc) is 3.05. The Kier molecular flexibility index (Phi) is 7.54. The number of urea groups is 1. The number of carboxylic acids is 1. The molecule has 1 aromatic carbocycles. The number of hydrogen-bond donors (Lipinski definition) is 3. The molecule has 0 unspecified atom stereocenters. The quantitative estimate of drug-likeness (QED) is 0.485. The molecule has 8 heteroatoms. The Balaban J connectivity index is 2.28. The number of thiophene rings is 1. The van der Waals surface area contributed by atoms with E-state index in [1.54, 1.807) is 42.6 Å². The molecule has 3 N–H and O–H groups in total. The first-order valence-electron chi connectivity index (χ1n) is 8.20. The van der Waals surface area contributed by atoms with Crippen molar-refractivity contribution in [3.05, 3.63) is 76.1 Å². The molecule has 0 aliphatic heterocycles. The zero-order valence-electron chi connectivity index (χ0n) is 15.1. The minimum Gasteiger partial charge on any atom is -0.478 e. The molecule has 0 spiro atoms. The predicted octanol–water partition coefficient (Wildman–Crippen LogP) is 6.22. The lowest BCUT2D eigenvalue weighted by atomic mass is 10.0. The van der Waals surface area contributed by atoms with E-state index in [4.69, 9.17) is 11.6 Å². The van der Waals surface area contributed by atoms with Crippen LogP contribution in [0, 0.1) is 0 Å². The van der Waals surface area contributed by atoms with Crippen molar-refractivity contribution in [3.8, 4) is 11.1 Å². The van der Waals surface area contributed by atoms with Gasteiger partial charge < -0.3 is 10.4 Å². The SMILES string of the molecule is C\C=C/C(=C\C(F)=C/C)NC(=O)Nc1scc(-c2ccc(Cl)cc2)c1C(=O)O. The third-order valence-corrected chi connectivity index (χ3v) is 4.71. The number of nitrogens with one attached hydrogen (secondary N) is 2. The molecular weight excluding hydrogens is 403 g/mol. The summed E-state index contributed by atoms with van der Waals surface area (Å²) >= 11 is 6.96. The van der Waals surface area contributed by atoms with Crippen LogP contribution in [-0.4, -0.2) is 17.1 Å². The summed E-state index contributed by atoms with van der Waals surface area (Å²) in [5, 5.41) is 17.0. The van der Waals surface area contributed by atoms with Crippen molar-refractivity contribution < 1.29 is 19.1 Å². The van der Waals surface area contributed by atoms with Crippen molar-refractivity contribution in [3.63, 3.8) is 0 Å². The summed E-state index contributed by atoms with van der Waals surface area (Å²) in [5.41, 5.74) is 1.32. The van der Waals surface area contributed by atoms with Gasteiger partial charge in [0.05, 0.1) is 0 Å². The maximum Gasteiger partial charge on any atom is 0.339 e. The third-order valence-electron chi connectivity index (χ3n) is 3.56. The standard InChI is InChI=1S/C20H18ClFN2O3S/c1-3-5-15(10-14(22)4-2)23-20(27)24-18-17(19(25)26)16(11-28-18)12-6-8-13(21)9-7-12/h3-11H,1-2H3,(H,25,26)(H2,23,24,27)/b5-3-,14-4+,15-10+. The molecule has 0 bridgehead atoms. The molecule has 2 aromatic rings. The van der Waals surface area contributed by atoms with Gasteiger partial charge in [-0.05, 0) is 43.7 Å². The van der Waals surface area contributed by atoms with Gasteiger partial charge in [-0.2, -0.15) is 0 Å². The highest BCUT2D eigenvalue weighted by atomic mass is 35.5. The van der Waals surface area contributed by atoms with Crippen molar-refractivity contribution in [1.29, 1.82) is 0 Å². The number of allylic oxidation sites excluding steroid dienone is 5. The van der Waals surface area contributed by atoms with Crippen LogP contribution >= 0.6 is 22.9 Å². The fraction of sp³-hybridized carbons (Fsp3) is 0.100. The molecule has 0 saturated carbocycles. The first-order chi connectivity index (χ1) is 13.3. The largest absolute Gasteiger partial charge is 0.478 e. The Labute approximate surface area is 170 Å². The summed E-state index contributed by atoms with van der Waals surface area (Å²) in [6, 6.07) is 6.04. The lowest BCUT2D eigenvalue weighted by molar-refractivity contribution is 0.0699. The van der Waals surface area contributed by atoms with Crippen molar-refractivity contribution in [2.45, 2.75) is 13.8 Å². The monoisotopic (exact) mass is 420 g/mol. The number of halogens is 2. The van der Waals surface area contributed by atoms with Crippen LogP contribution in [0.1, 0.15) is 24.2 Å². The van der Waals surface area contributed by atoms with Crippen LogP contribution in [0.25, 0.3) is 11.1 Å². The summed E-state index contributed by atoms with van der Waals surface area (Å²) in [6.07, 6.45) is 5.57. The summed E-state index contributed by atoms with van der Waals surface area (Å²) in [5.74, 6) is -1.69. The number of rotatable bonds is 6. The van der Waals surface area contributed by atoms with Gasteiger partial charge in [0.15, 0.2) is 0 Å². The highest BCUT2D eigenvalue weighted by molar-refractivity contribution is 7.15. The number of carbonyl (C=O) groups excluding carboxylic acids is 1. The maximum absolute atomic E-state index is 13.5. The van der Waals surface area contributed by atoms with Crippen molar-refractivity contribution in [2.24, 2.45) is 0 Å². The second-order valence-corrected chi connectivity index (χ2v) is 6.83. The summed E-state index contributed by atoms with van der Waals surface area (Å²) in [6.45, 7) is 3.25. The smallest absolute Gasteiger partial charge is 0.339 e. The molecule has 28 heavy (non-hydrogen) atoms. The van der Waals surface area contributed by atoms with Gasteiger partial charge in [0, 0.05) is 21.7 Å². The molecule has 0 aliphatic rings. The molecule has 1 aromatic heterocycles. The van der Waals surface area contributed by atoms with Crippen LogP contribution in [0.4, 0.5) is 14.2 Å². The van der Waals surface area contributed by atoms with Crippen LogP contribution in [0.2, 0.25) is 5.02 Å². The maximum atomic E-state index is 13.5. The Morgan fingerprint density at radius 3 is 2.46 bits per heavy atom. The van der Waals surface area contributed by atoms with E-state index in [-0.39, 0.29) is 16.3 Å². The number of benzene rings is 1. The average molecular weight is 421 g/mol. The predicted molar refractivity (Wildman–Crippen MR) is 112 cm³/mol. The van der Waals surface area contributed by atoms with Crippen LogP contribution in [0.15, 0.2) is 65.5 Å². The summed E-state index contributed by atoms with van der Waals surface area (Å²) in [4.78, 5) is 24.1. The van der Waals surface area contributed by atoms with Crippen LogP contribution in [-0.2, 0) is 0 Å². The molecule has 146 valence electrons. The molecule has 5 nitrogen and oxygen atoms in total. The van der Waals surface area contributed by atoms with Crippen LogP contribution < -0.4 is 10.6 Å². The van der Waals surface area contributed by atoms with E-state index < -0.39 is 17.8 Å². The van der Waals surface area contributed by atoms with E-state index in [0.717, 1.165) is 17.4 Å². The van der Waals surface area contributed by atoms with E-state index in [1.807, 2.05) is 0 Å². The Morgan fingerprint density at radius 2 is 1.89 bits per heavy atom. The van der Waals surface area contributed by atoms with Gasteiger partial charge in [0.1, 0.15) is 16.4 Å². The van der Waals surface area contributed by atoms with Crippen LogP contribution in [0.5, 0.6) is 0 Å². The van der Waals surface area contributed by atoms with Gasteiger partial charge in [-0.25, -0.2) is 14.0 Å². The number of anilines is 1. The number of hydrogen-bond acceptors (Lipinski definition) is 3. The Morgan fingerprint density at radius 1 is 1.21 bits per heavy atom. The zero-order chi connectivity index (χ0) is 20.7. The molecular formula is C20H18ClFN2O3S. The molecule has 0 radical (unpaired) electrons. The first-order valence-corrected chi connectivity index (χ1v) is 9.46. The fourth-order valence-corrected chi connectivity index (χ4v) is 3.39. The van der Waals surface area contributed by atoms with Crippen molar-refractivity contribution >= 4 is 39.9 Å². The number of amides is 2. The molecule has 0 aliphatic carbocycles. The van der Waals surface area contributed by atoms with Gasteiger partial charge in [0.25, 0.3) is 0 Å². The van der Waals surface area contributed by atoms with E-state index in [0.29, 0.717) is 16.1 Å². The molecule has 0 saturated heterocycles. The topological polar surface area (TPSA) is 78.4 Å². The molecule has 0 atom stereocenters. The van der Waals surface area contributed by atoms with Crippen LogP contribution in [0.3, 0.4) is 0 Å². The van der Waals surface area contributed by atoms with Gasteiger partial charge in [-0.15, -0.1) is 11.3 Å². The highest BCUT2D eigenvalue weighted by Crippen LogP contribution is 2.36. The van der Waals surface area contributed by atoms with E-state index in [2.05, 4.69) is 10.6 Å². The lowest BCUT2D eigenvalue weighted by Crippen LogP contribution is -2.27. The first kappa shape index (κ1) is 21.4. The number of carbonyl (C=O) groups is 2. The molecule has 2 amide bonds. The minimum absolute atomic E-state index is 0.0290. The normalized spacial score (nSPS) is 12.3. The van der Waals surface area contributed by atoms with Gasteiger partial charge in [-0.3, -0.25) is 5.32 Å². The number of aromatic carboxylic acids is 1. The molecule has 2 rings (SSSR count). The Hall–Kier alpha value is -2.90. The second-order valence-electron chi connectivity index (χ2n) is 5.52. The minimum atomic E-state index is -1.18. The van der Waals surface area contributed by atoms with Gasteiger partial charge >= 0.3 is 12.0 Å². The fourth-order valence-electron chi connectivity index (χ4n) is 2.31. The number of carboxylic acid groups (broad SMARTS) is 1. The zero-order valence-corrected chi connectivity index (χ0v) is 16.7. The third kappa shape index (κ3) is 5.55. The summed E-state index contributed by atoms with van der Waals surface area (Å²) < 4.78 is 13.5. The van der Waals surface area contributed by atoms with E-state index in [1.165, 1.54) is 19.1 Å². The van der Waals surface area contributed by atoms with E-state index >= 15 is 0 Å². The van der Waals surface area contributed by atoms with Gasteiger partial charge in [0.2, 0.25) is 0 Å². The molecule has 1 heterocycles. The highest BCUT2D eigenvalue weighted by Gasteiger charge is 2.21. The van der Waals surface area contributed by atoms with Gasteiger partial charge in [-0.1, -0.05) is 35.9 Å². The molecule has 0 fully saturated rings. The Bertz CT molecular complexity index is 962. The lowest BCUT2D eigenvalue weighted by Gasteiger charge is -2.09.